The molecule has 1 heterocycles. The molecule has 0 aromatic carbocycles. The van der Waals surface area contributed by atoms with E-state index in [2.05, 4.69) is 35.1 Å². The smallest absolute Gasteiger partial charge is 0.0524 e. The third-order valence-corrected chi connectivity index (χ3v) is 3.26. The van der Waals surface area contributed by atoms with Crippen LogP contribution in [-0.4, -0.2) is 22.4 Å². The van der Waals surface area contributed by atoms with Gasteiger partial charge in [-0.25, -0.2) is 0 Å². The van der Waals surface area contributed by atoms with Gasteiger partial charge < -0.3 is 5.32 Å². The molecule has 3 heteroatoms. The van der Waals surface area contributed by atoms with E-state index in [0.29, 0.717) is 5.92 Å². The Kier molecular flexibility index (Phi) is 3.99. The first kappa shape index (κ1) is 11.6. The summed E-state index contributed by atoms with van der Waals surface area (Å²) in [6.07, 6.45) is 9.35. The third kappa shape index (κ3) is 3.34. The van der Waals surface area contributed by atoms with Crippen molar-refractivity contribution in [1.29, 1.82) is 0 Å². The minimum atomic E-state index is 0.622. The summed E-state index contributed by atoms with van der Waals surface area (Å²) in [7, 11) is 0. The van der Waals surface area contributed by atoms with Crippen molar-refractivity contribution < 1.29 is 0 Å². The zero-order valence-corrected chi connectivity index (χ0v) is 10.4. The largest absolute Gasteiger partial charge is 0.314 e. The fourth-order valence-corrected chi connectivity index (χ4v) is 1.94. The second-order valence-corrected chi connectivity index (χ2v) is 4.95. The van der Waals surface area contributed by atoms with Crippen LogP contribution in [0.4, 0.5) is 0 Å². The van der Waals surface area contributed by atoms with Crippen LogP contribution in [0.5, 0.6) is 0 Å². The number of aryl methyl sites for hydroxylation is 1. The zero-order chi connectivity index (χ0) is 11.4. The average molecular weight is 221 g/mol. The van der Waals surface area contributed by atoms with Crippen LogP contribution in [0.15, 0.2) is 12.4 Å². The predicted molar refractivity (Wildman–Crippen MR) is 66.6 cm³/mol. The lowest BCUT2D eigenvalue weighted by Gasteiger charge is -2.09. The van der Waals surface area contributed by atoms with E-state index in [1.807, 2.05) is 6.20 Å². The van der Waals surface area contributed by atoms with Crippen molar-refractivity contribution in [3.05, 3.63) is 18.0 Å². The Hall–Kier alpha value is -0.830. The first-order valence-corrected chi connectivity index (χ1v) is 6.55. The van der Waals surface area contributed by atoms with Gasteiger partial charge in [-0.15, -0.1) is 0 Å². The van der Waals surface area contributed by atoms with E-state index in [1.165, 1.54) is 24.8 Å². The second kappa shape index (κ2) is 5.48. The maximum Gasteiger partial charge on any atom is 0.0524 e. The molecule has 1 aromatic heterocycles. The van der Waals surface area contributed by atoms with Gasteiger partial charge in [-0.05, 0) is 43.7 Å². The SMILES string of the molecule is CCCn1cc(C(C)CCNC2CC2)cn1. The van der Waals surface area contributed by atoms with E-state index in [9.17, 15) is 0 Å². The van der Waals surface area contributed by atoms with Gasteiger partial charge in [0, 0.05) is 18.8 Å². The van der Waals surface area contributed by atoms with Gasteiger partial charge >= 0.3 is 0 Å². The number of hydrogen-bond donors (Lipinski definition) is 1. The molecule has 1 aliphatic rings. The Balaban J connectivity index is 1.74. The highest BCUT2D eigenvalue weighted by Gasteiger charge is 2.20. The maximum atomic E-state index is 4.38. The molecule has 90 valence electrons. The van der Waals surface area contributed by atoms with Crippen LogP contribution in [0, 0.1) is 0 Å². The summed E-state index contributed by atoms with van der Waals surface area (Å²) in [6, 6.07) is 0.829. The summed E-state index contributed by atoms with van der Waals surface area (Å²) in [6.45, 7) is 6.66. The van der Waals surface area contributed by atoms with Crippen LogP contribution in [0.1, 0.15) is 51.0 Å². The minimum absolute atomic E-state index is 0.622. The lowest BCUT2D eigenvalue weighted by molar-refractivity contribution is 0.586. The van der Waals surface area contributed by atoms with Crippen LogP contribution < -0.4 is 5.32 Å². The summed E-state index contributed by atoms with van der Waals surface area (Å²) in [5.41, 5.74) is 1.38. The lowest BCUT2D eigenvalue weighted by Crippen LogP contribution is -2.18. The van der Waals surface area contributed by atoms with Crippen LogP contribution in [-0.2, 0) is 6.54 Å². The van der Waals surface area contributed by atoms with Gasteiger partial charge in [0.15, 0.2) is 0 Å². The number of nitrogens with one attached hydrogen (secondary N) is 1. The number of nitrogens with zero attached hydrogens (tertiary/aromatic N) is 2. The normalized spacial score (nSPS) is 17.6. The molecule has 1 fully saturated rings. The molecule has 0 bridgehead atoms. The minimum Gasteiger partial charge on any atom is -0.314 e. The van der Waals surface area contributed by atoms with Gasteiger partial charge in [-0.1, -0.05) is 13.8 Å². The molecule has 16 heavy (non-hydrogen) atoms. The molecular formula is C13H23N3. The van der Waals surface area contributed by atoms with E-state index in [0.717, 1.165) is 25.6 Å². The van der Waals surface area contributed by atoms with Crippen LogP contribution >= 0.6 is 0 Å². The lowest BCUT2D eigenvalue weighted by atomic mass is 10.0. The molecule has 0 saturated heterocycles. The van der Waals surface area contributed by atoms with Gasteiger partial charge in [-0.3, -0.25) is 4.68 Å². The third-order valence-electron chi connectivity index (χ3n) is 3.26. The fourth-order valence-electron chi connectivity index (χ4n) is 1.94. The number of hydrogen-bond acceptors (Lipinski definition) is 2. The molecule has 0 amide bonds. The maximum absolute atomic E-state index is 4.38. The highest BCUT2D eigenvalue weighted by atomic mass is 15.3. The van der Waals surface area contributed by atoms with Crippen molar-refractivity contribution in [3.63, 3.8) is 0 Å². The average Bonchev–Trinajstić information content (AvgIpc) is 2.97. The number of aromatic nitrogens is 2. The highest BCUT2D eigenvalue weighted by Crippen LogP contribution is 2.21. The molecule has 0 radical (unpaired) electrons. The monoisotopic (exact) mass is 221 g/mol. The Bertz CT molecular complexity index is 315. The van der Waals surface area contributed by atoms with E-state index in [-0.39, 0.29) is 0 Å². The first-order valence-electron chi connectivity index (χ1n) is 6.55. The molecule has 0 spiro atoms. The standard InChI is InChI=1S/C13H23N3/c1-3-8-16-10-12(9-15-16)11(2)6-7-14-13-4-5-13/h9-11,13-14H,3-8H2,1-2H3. The van der Waals surface area contributed by atoms with Gasteiger partial charge in [0.2, 0.25) is 0 Å². The van der Waals surface area contributed by atoms with Crippen LogP contribution in [0.2, 0.25) is 0 Å². The molecule has 1 aliphatic carbocycles. The van der Waals surface area contributed by atoms with Crippen LogP contribution in [0.25, 0.3) is 0 Å². The van der Waals surface area contributed by atoms with E-state index < -0.39 is 0 Å². The summed E-state index contributed by atoms with van der Waals surface area (Å²) in [5.74, 6) is 0.622. The van der Waals surface area contributed by atoms with Gasteiger partial charge in [0.05, 0.1) is 6.20 Å². The molecule has 1 unspecified atom stereocenters. The fraction of sp³-hybridized carbons (Fsp3) is 0.769. The van der Waals surface area contributed by atoms with Gasteiger partial charge in [0.25, 0.3) is 0 Å². The summed E-state index contributed by atoms with van der Waals surface area (Å²) in [5, 5.41) is 7.94. The summed E-state index contributed by atoms with van der Waals surface area (Å²) < 4.78 is 2.06. The molecule has 3 nitrogen and oxygen atoms in total. The van der Waals surface area contributed by atoms with Crippen molar-refractivity contribution in [1.82, 2.24) is 15.1 Å². The van der Waals surface area contributed by atoms with E-state index >= 15 is 0 Å². The quantitative estimate of drug-likeness (QED) is 0.767. The van der Waals surface area contributed by atoms with E-state index in [1.54, 1.807) is 0 Å². The first-order chi connectivity index (χ1) is 7.79. The van der Waals surface area contributed by atoms with Crippen molar-refractivity contribution >= 4 is 0 Å². The van der Waals surface area contributed by atoms with Crippen molar-refractivity contribution in [2.75, 3.05) is 6.54 Å². The zero-order valence-electron chi connectivity index (χ0n) is 10.4. The molecule has 2 rings (SSSR count). The molecule has 0 aliphatic heterocycles. The number of rotatable bonds is 7. The Labute approximate surface area is 98.2 Å². The van der Waals surface area contributed by atoms with Gasteiger partial charge in [-0.2, -0.15) is 5.10 Å². The Morgan fingerprint density at radius 3 is 3.06 bits per heavy atom. The highest BCUT2D eigenvalue weighted by molar-refractivity contribution is 5.10. The molecule has 1 atom stereocenters. The Morgan fingerprint density at radius 2 is 2.38 bits per heavy atom. The van der Waals surface area contributed by atoms with Crippen molar-refractivity contribution in [2.45, 2.75) is 58.0 Å². The van der Waals surface area contributed by atoms with Gasteiger partial charge in [0.1, 0.15) is 0 Å². The predicted octanol–water partition coefficient (Wildman–Crippen LogP) is 2.54. The second-order valence-electron chi connectivity index (χ2n) is 4.95. The van der Waals surface area contributed by atoms with E-state index in [4.69, 9.17) is 0 Å². The summed E-state index contributed by atoms with van der Waals surface area (Å²) in [4.78, 5) is 0. The molecular weight excluding hydrogens is 198 g/mol. The van der Waals surface area contributed by atoms with Crippen molar-refractivity contribution in [3.8, 4) is 0 Å². The molecule has 1 aromatic rings. The Morgan fingerprint density at radius 1 is 1.56 bits per heavy atom. The summed E-state index contributed by atoms with van der Waals surface area (Å²) >= 11 is 0. The van der Waals surface area contributed by atoms with Crippen LogP contribution in [0.3, 0.4) is 0 Å². The van der Waals surface area contributed by atoms with Crippen molar-refractivity contribution in [2.24, 2.45) is 0 Å². The molecule has 1 saturated carbocycles. The topological polar surface area (TPSA) is 29.9 Å². The molecule has 1 N–H and O–H groups in total.